The van der Waals surface area contributed by atoms with Crippen molar-refractivity contribution in [3.05, 3.63) is 59.2 Å². The first-order valence-electron chi connectivity index (χ1n) is 5.67. The van der Waals surface area contributed by atoms with Crippen LogP contribution < -0.4 is 0 Å². The molecular formula is C14H14N2. The Morgan fingerprint density at radius 1 is 1.19 bits per heavy atom. The fraction of sp³-hybridized carbons (Fsp3) is 0.214. The second-order valence-corrected chi connectivity index (χ2v) is 4.21. The summed E-state index contributed by atoms with van der Waals surface area (Å²) < 4.78 is 0. The number of hydrogen-bond donors (Lipinski definition) is 1. The highest BCUT2D eigenvalue weighted by molar-refractivity contribution is 5.59. The number of rotatable bonds is 2. The first kappa shape index (κ1) is 9.40. The lowest BCUT2D eigenvalue weighted by Crippen LogP contribution is -2.02. The van der Waals surface area contributed by atoms with Crippen LogP contribution in [0.4, 0.5) is 0 Å². The van der Waals surface area contributed by atoms with Gasteiger partial charge in [-0.15, -0.1) is 0 Å². The lowest BCUT2D eigenvalue weighted by atomic mass is 9.91. The summed E-state index contributed by atoms with van der Waals surface area (Å²) in [5.41, 5.74) is 4.30. The molecule has 1 aromatic carbocycles. The molecular weight excluding hydrogens is 196 g/mol. The molecule has 3 rings (SSSR count). The van der Waals surface area contributed by atoms with E-state index in [1.807, 2.05) is 12.4 Å². The van der Waals surface area contributed by atoms with E-state index >= 15 is 0 Å². The van der Waals surface area contributed by atoms with Crippen molar-refractivity contribution < 1.29 is 0 Å². The molecule has 16 heavy (non-hydrogen) atoms. The van der Waals surface area contributed by atoms with Crippen LogP contribution in [0, 0.1) is 0 Å². The lowest BCUT2D eigenvalue weighted by molar-refractivity contribution is 0.863. The molecule has 0 fully saturated rings. The van der Waals surface area contributed by atoms with Gasteiger partial charge in [0.2, 0.25) is 0 Å². The summed E-state index contributed by atoms with van der Waals surface area (Å²) in [5, 5.41) is 0. The number of H-pyrrole nitrogens is 1. The van der Waals surface area contributed by atoms with Crippen molar-refractivity contribution in [2.45, 2.75) is 19.3 Å². The Kier molecular flexibility index (Phi) is 2.33. The van der Waals surface area contributed by atoms with Gasteiger partial charge in [-0.2, -0.15) is 0 Å². The zero-order chi connectivity index (χ0) is 10.8. The molecule has 0 atom stereocenters. The van der Waals surface area contributed by atoms with E-state index in [2.05, 4.69) is 40.3 Å². The quantitative estimate of drug-likeness (QED) is 0.811. The fourth-order valence-corrected chi connectivity index (χ4v) is 2.24. The molecule has 0 radical (unpaired) electrons. The Morgan fingerprint density at radius 2 is 2.12 bits per heavy atom. The first-order valence-corrected chi connectivity index (χ1v) is 5.67. The van der Waals surface area contributed by atoms with Crippen LogP contribution in [0.15, 0.2) is 42.2 Å². The number of hydrogen-bond acceptors (Lipinski definition) is 1. The second-order valence-electron chi connectivity index (χ2n) is 4.21. The van der Waals surface area contributed by atoms with E-state index in [1.54, 1.807) is 0 Å². The maximum absolute atomic E-state index is 4.27. The van der Waals surface area contributed by atoms with Gasteiger partial charge in [0.05, 0.1) is 0 Å². The fourth-order valence-electron chi connectivity index (χ4n) is 2.24. The summed E-state index contributed by atoms with van der Waals surface area (Å²) in [5.74, 6) is 1.06. The summed E-state index contributed by atoms with van der Waals surface area (Å²) in [6, 6.07) is 8.63. The average Bonchev–Trinajstić information content (AvgIpc) is 2.82. The molecule has 2 heteroatoms. The molecule has 0 aliphatic heterocycles. The number of nitrogens with one attached hydrogen (secondary N) is 1. The minimum absolute atomic E-state index is 0.946. The Labute approximate surface area is 95.0 Å². The van der Waals surface area contributed by atoms with Gasteiger partial charge in [-0.1, -0.05) is 35.9 Å². The third-order valence-corrected chi connectivity index (χ3v) is 3.08. The molecule has 1 N–H and O–H groups in total. The number of aromatic amines is 1. The molecule has 0 bridgehead atoms. The average molecular weight is 210 g/mol. The van der Waals surface area contributed by atoms with Gasteiger partial charge in [0.15, 0.2) is 0 Å². The largest absolute Gasteiger partial charge is 0.348 e. The zero-order valence-corrected chi connectivity index (χ0v) is 9.11. The van der Waals surface area contributed by atoms with E-state index in [0.29, 0.717) is 0 Å². The zero-order valence-electron chi connectivity index (χ0n) is 9.11. The topological polar surface area (TPSA) is 28.7 Å². The third kappa shape index (κ3) is 1.78. The normalized spacial score (nSPS) is 14.4. The van der Waals surface area contributed by atoms with Crippen LogP contribution in [0.3, 0.4) is 0 Å². The van der Waals surface area contributed by atoms with Gasteiger partial charge in [-0.25, -0.2) is 4.98 Å². The highest BCUT2D eigenvalue weighted by Gasteiger charge is 2.10. The molecule has 1 aromatic heterocycles. The molecule has 2 nitrogen and oxygen atoms in total. The Bertz CT molecular complexity index is 509. The molecule has 0 spiro atoms. The second kappa shape index (κ2) is 3.97. The molecule has 80 valence electrons. The van der Waals surface area contributed by atoms with Crippen molar-refractivity contribution >= 4 is 6.08 Å². The SMILES string of the molecule is C1=C(Cc2ncc[nH]2)CCc2ccccc21. The van der Waals surface area contributed by atoms with E-state index in [1.165, 1.54) is 16.7 Å². The number of imidazole rings is 1. The molecule has 0 saturated carbocycles. The van der Waals surface area contributed by atoms with E-state index in [0.717, 1.165) is 25.1 Å². The molecule has 1 aliphatic rings. The third-order valence-electron chi connectivity index (χ3n) is 3.08. The van der Waals surface area contributed by atoms with Crippen LogP contribution in [0.2, 0.25) is 0 Å². The van der Waals surface area contributed by atoms with Crippen molar-refractivity contribution in [2.24, 2.45) is 0 Å². The molecule has 0 saturated heterocycles. The van der Waals surface area contributed by atoms with Gasteiger partial charge in [0.25, 0.3) is 0 Å². The lowest BCUT2D eigenvalue weighted by Gasteiger charge is -2.15. The number of fused-ring (bicyclic) bond motifs is 1. The van der Waals surface area contributed by atoms with Crippen molar-refractivity contribution in [1.29, 1.82) is 0 Å². The monoisotopic (exact) mass is 210 g/mol. The highest BCUT2D eigenvalue weighted by atomic mass is 14.9. The summed E-state index contributed by atoms with van der Waals surface area (Å²) in [7, 11) is 0. The van der Waals surface area contributed by atoms with Crippen molar-refractivity contribution in [2.75, 3.05) is 0 Å². The summed E-state index contributed by atoms with van der Waals surface area (Å²) in [6.45, 7) is 0. The number of allylic oxidation sites excluding steroid dienone is 1. The van der Waals surface area contributed by atoms with Crippen molar-refractivity contribution in [3.63, 3.8) is 0 Å². The predicted octanol–water partition coefficient (Wildman–Crippen LogP) is 2.98. The Balaban J connectivity index is 1.86. The number of aromatic nitrogens is 2. The van der Waals surface area contributed by atoms with Crippen LogP contribution >= 0.6 is 0 Å². The number of aryl methyl sites for hydroxylation is 1. The van der Waals surface area contributed by atoms with E-state index < -0.39 is 0 Å². The maximum Gasteiger partial charge on any atom is 0.110 e. The van der Waals surface area contributed by atoms with Crippen LogP contribution in [0.25, 0.3) is 6.08 Å². The first-order chi connectivity index (χ1) is 7.92. The molecule has 0 unspecified atom stereocenters. The Hall–Kier alpha value is -1.83. The molecule has 0 amide bonds. The summed E-state index contributed by atoms with van der Waals surface area (Å²) in [4.78, 5) is 7.43. The van der Waals surface area contributed by atoms with Gasteiger partial charge in [-0.05, 0) is 24.0 Å². The number of nitrogens with zero attached hydrogens (tertiary/aromatic N) is 1. The number of benzene rings is 1. The van der Waals surface area contributed by atoms with Gasteiger partial charge in [-0.3, -0.25) is 0 Å². The standard InChI is InChI=1S/C14H14N2/c1-2-4-13-9-11(5-6-12(13)3-1)10-14-15-7-8-16-14/h1-4,7-9H,5-6,10H2,(H,15,16). The van der Waals surface area contributed by atoms with Crippen molar-refractivity contribution in [1.82, 2.24) is 9.97 Å². The van der Waals surface area contributed by atoms with Crippen LogP contribution in [0.5, 0.6) is 0 Å². The predicted molar refractivity (Wildman–Crippen MR) is 65.0 cm³/mol. The van der Waals surface area contributed by atoms with Crippen molar-refractivity contribution in [3.8, 4) is 0 Å². The van der Waals surface area contributed by atoms with E-state index in [9.17, 15) is 0 Å². The molecule has 1 aliphatic carbocycles. The minimum Gasteiger partial charge on any atom is -0.348 e. The minimum atomic E-state index is 0.946. The van der Waals surface area contributed by atoms with Crippen LogP contribution in [-0.2, 0) is 12.8 Å². The van der Waals surface area contributed by atoms with Crippen LogP contribution in [0.1, 0.15) is 23.4 Å². The highest BCUT2D eigenvalue weighted by Crippen LogP contribution is 2.25. The summed E-state index contributed by atoms with van der Waals surface area (Å²) >= 11 is 0. The molecule has 2 aromatic rings. The maximum atomic E-state index is 4.27. The Morgan fingerprint density at radius 3 is 3.00 bits per heavy atom. The molecule has 1 heterocycles. The van der Waals surface area contributed by atoms with Crippen LogP contribution in [-0.4, -0.2) is 9.97 Å². The van der Waals surface area contributed by atoms with Gasteiger partial charge in [0.1, 0.15) is 5.82 Å². The van der Waals surface area contributed by atoms with Gasteiger partial charge in [0, 0.05) is 18.8 Å². The van der Waals surface area contributed by atoms with Gasteiger partial charge >= 0.3 is 0 Å². The van der Waals surface area contributed by atoms with Gasteiger partial charge < -0.3 is 4.98 Å². The summed E-state index contributed by atoms with van der Waals surface area (Å²) in [6.07, 6.45) is 9.25. The van der Waals surface area contributed by atoms with E-state index in [-0.39, 0.29) is 0 Å². The van der Waals surface area contributed by atoms with E-state index in [4.69, 9.17) is 0 Å². The smallest absolute Gasteiger partial charge is 0.110 e.